The first-order valence-electron chi connectivity index (χ1n) is 9.81. The Morgan fingerprint density at radius 3 is 3.00 bits per heavy atom. The molecule has 1 aliphatic rings. The Labute approximate surface area is 178 Å². The van der Waals surface area contributed by atoms with Crippen LogP contribution in [0.4, 0.5) is 11.6 Å². The van der Waals surface area contributed by atoms with Crippen LogP contribution < -0.4 is 10.6 Å². The third-order valence-corrected chi connectivity index (χ3v) is 5.03. The molecular weight excluding hydrogens is 408 g/mol. The van der Waals surface area contributed by atoms with E-state index in [-0.39, 0.29) is 12.5 Å². The molecule has 3 N–H and O–H groups in total. The van der Waals surface area contributed by atoms with Crippen molar-refractivity contribution in [3.8, 4) is 0 Å². The molecule has 0 spiro atoms. The Balaban J connectivity index is 1.80. The molecule has 1 aromatic carbocycles. The second-order valence-corrected chi connectivity index (χ2v) is 7.58. The molecule has 0 bridgehead atoms. The van der Waals surface area contributed by atoms with E-state index in [0.717, 1.165) is 5.56 Å². The SMILES string of the molecule is CCOCCn1cc2c(C3C(=O)Nc4ccc(Cl)cc43)nc(NCC(C)O)nc2n1. The van der Waals surface area contributed by atoms with Crippen molar-refractivity contribution in [3.63, 3.8) is 0 Å². The van der Waals surface area contributed by atoms with Gasteiger partial charge in [-0.2, -0.15) is 10.1 Å². The van der Waals surface area contributed by atoms with Crippen molar-refractivity contribution in [2.24, 2.45) is 0 Å². The molecule has 1 aliphatic heterocycles. The van der Waals surface area contributed by atoms with Crippen LogP contribution in [0.5, 0.6) is 0 Å². The van der Waals surface area contributed by atoms with Crippen LogP contribution in [0.15, 0.2) is 24.4 Å². The smallest absolute Gasteiger partial charge is 0.238 e. The highest BCUT2D eigenvalue weighted by Gasteiger charge is 2.35. The number of ether oxygens (including phenoxy) is 1. The van der Waals surface area contributed by atoms with Gasteiger partial charge in [-0.3, -0.25) is 9.48 Å². The molecular formula is C20H23ClN6O3. The number of aliphatic hydroxyl groups is 1. The summed E-state index contributed by atoms with van der Waals surface area (Å²) in [7, 11) is 0. The maximum atomic E-state index is 12.9. The number of aromatic nitrogens is 4. The number of fused-ring (bicyclic) bond motifs is 2. The summed E-state index contributed by atoms with van der Waals surface area (Å²) >= 11 is 6.19. The summed E-state index contributed by atoms with van der Waals surface area (Å²) < 4.78 is 7.15. The minimum atomic E-state index is -0.638. The van der Waals surface area contributed by atoms with Crippen LogP contribution in [0.2, 0.25) is 5.02 Å². The summed E-state index contributed by atoms with van der Waals surface area (Å²) in [6, 6.07) is 5.29. The van der Waals surface area contributed by atoms with Gasteiger partial charge >= 0.3 is 0 Å². The van der Waals surface area contributed by atoms with Gasteiger partial charge in [0.05, 0.1) is 30.3 Å². The van der Waals surface area contributed by atoms with Crippen LogP contribution >= 0.6 is 11.6 Å². The average molecular weight is 431 g/mol. The molecule has 30 heavy (non-hydrogen) atoms. The molecule has 2 aromatic heterocycles. The highest BCUT2D eigenvalue weighted by atomic mass is 35.5. The molecule has 3 aromatic rings. The van der Waals surface area contributed by atoms with Crippen LogP contribution in [-0.4, -0.2) is 56.6 Å². The number of aliphatic hydroxyl groups excluding tert-OH is 1. The van der Waals surface area contributed by atoms with Crippen LogP contribution in [-0.2, 0) is 16.1 Å². The van der Waals surface area contributed by atoms with Gasteiger partial charge < -0.3 is 20.5 Å². The number of benzene rings is 1. The van der Waals surface area contributed by atoms with E-state index in [1.807, 2.05) is 13.1 Å². The molecule has 1 amide bonds. The standard InChI is InChI=1S/C20H23ClN6O3/c1-3-30-7-6-27-10-14-17(24-20(22-9-11(2)28)25-18(14)26-27)16-13-8-12(21)4-5-15(13)23-19(16)29/h4-5,8,10-11,16,28H,3,6-7,9H2,1-2H3,(H,23,29)(H,22,25,26). The molecule has 2 atom stereocenters. The van der Waals surface area contributed by atoms with Gasteiger partial charge in [0, 0.05) is 30.1 Å². The number of rotatable bonds is 8. The van der Waals surface area contributed by atoms with E-state index in [4.69, 9.17) is 16.3 Å². The fourth-order valence-corrected chi connectivity index (χ4v) is 3.61. The van der Waals surface area contributed by atoms with Crippen molar-refractivity contribution in [1.82, 2.24) is 19.7 Å². The van der Waals surface area contributed by atoms with Crippen LogP contribution in [0.3, 0.4) is 0 Å². The number of hydrogen-bond acceptors (Lipinski definition) is 7. The van der Waals surface area contributed by atoms with Crippen molar-refractivity contribution >= 4 is 40.2 Å². The highest BCUT2D eigenvalue weighted by molar-refractivity contribution is 6.31. The van der Waals surface area contributed by atoms with Gasteiger partial charge in [-0.1, -0.05) is 11.6 Å². The zero-order valence-corrected chi connectivity index (χ0v) is 17.5. The number of nitrogens with zero attached hydrogens (tertiary/aromatic N) is 4. The van der Waals surface area contributed by atoms with E-state index in [9.17, 15) is 9.90 Å². The van der Waals surface area contributed by atoms with Gasteiger partial charge in [0.15, 0.2) is 5.65 Å². The second kappa shape index (κ2) is 8.55. The van der Waals surface area contributed by atoms with Crippen molar-refractivity contribution in [1.29, 1.82) is 0 Å². The number of amides is 1. The van der Waals surface area contributed by atoms with E-state index < -0.39 is 12.0 Å². The zero-order chi connectivity index (χ0) is 21.3. The quantitative estimate of drug-likeness (QED) is 0.470. The lowest BCUT2D eigenvalue weighted by Crippen LogP contribution is -2.19. The fourth-order valence-electron chi connectivity index (χ4n) is 3.43. The topological polar surface area (TPSA) is 114 Å². The number of nitrogens with one attached hydrogen (secondary N) is 2. The predicted molar refractivity (Wildman–Crippen MR) is 114 cm³/mol. The first-order valence-corrected chi connectivity index (χ1v) is 10.2. The van der Waals surface area contributed by atoms with Crippen molar-refractivity contribution < 1.29 is 14.6 Å². The van der Waals surface area contributed by atoms with Gasteiger partial charge in [0.1, 0.15) is 5.92 Å². The van der Waals surface area contributed by atoms with Gasteiger partial charge in [0.25, 0.3) is 0 Å². The Morgan fingerprint density at radius 2 is 2.23 bits per heavy atom. The predicted octanol–water partition coefficient (Wildman–Crippen LogP) is 2.39. The lowest BCUT2D eigenvalue weighted by atomic mass is 9.95. The third-order valence-electron chi connectivity index (χ3n) is 4.80. The van der Waals surface area contributed by atoms with Crippen molar-refractivity contribution in [2.75, 3.05) is 30.4 Å². The van der Waals surface area contributed by atoms with E-state index >= 15 is 0 Å². The van der Waals surface area contributed by atoms with Gasteiger partial charge in [-0.05, 0) is 37.6 Å². The van der Waals surface area contributed by atoms with Crippen molar-refractivity contribution in [3.05, 3.63) is 40.7 Å². The Hall–Kier alpha value is -2.75. The summed E-state index contributed by atoms with van der Waals surface area (Å²) in [4.78, 5) is 21.9. The van der Waals surface area contributed by atoms with E-state index in [1.165, 1.54) is 0 Å². The molecule has 3 heterocycles. The summed E-state index contributed by atoms with van der Waals surface area (Å²) in [5.41, 5.74) is 2.47. The highest BCUT2D eigenvalue weighted by Crippen LogP contribution is 2.40. The Kier molecular flexibility index (Phi) is 5.85. The van der Waals surface area contributed by atoms with E-state index in [1.54, 1.807) is 29.8 Å². The summed E-state index contributed by atoms with van der Waals surface area (Å²) in [5, 5.41) is 21.3. The van der Waals surface area contributed by atoms with Crippen LogP contribution in [0.25, 0.3) is 11.0 Å². The number of hydrogen-bond donors (Lipinski definition) is 3. The molecule has 0 radical (unpaired) electrons. The maximum absolute atomic E-state index is 12.9. The van der Waals surface area contributed by atoms with E-state index in [0.29, 0.717) is 53.1 Å². The lowest BCUT2D eigenvalue weighted by molar-refractivity contribution is -0.116. The average Bonchev–Trinajstić information content (AvgIpc) is 3.25. The van der Waals surface area contributed by atoms with E-state index in [2.05, 4.69) is 25.7 Å². The first kappa shape index (κ1) is 20.5. The molecule has 158 valence electrons. The summed E-state index contributed by atoms with van der Waals surface area (Å²) in [5.74, 6) is -0.520. The number of halogens is 1. The molecule has 0 aliphatic carbocycles. The zero-order valence-electron chi connectivity index (χ0n) is 16.7. The van der Waals surface area contributed by atoms with Crippen LogP contribution in [0, 0.1) is 0 Å². The number of carbonyl (C=O) groups excluding carboxylic acids is 1. The molecule has 0 saturated carbocycles. The molecule has 9 nitrogen and oxygen atoms in total. The molecule has 10 heteroatoms. The number of anilines is 2. The monoisotopic (exact) mass is 430 g/mol. The second-order valence-electron chi connectivity index (χ2n) is 7.14. The Morgan fingerprint density at radius 1 is 1.40 bits per heavy atom. The van der Waals surface area contributed by atoms with Crippen LogP contribution in [0.1, 0.15) is 31.0 Å². The minimum absolute atomic E-state index is 0.184. The third kappa shape index (κ3) is 4.09. The lowest BCUT2D eigenvalue weighted by Gasteiger charge is -2.12. The van der Waals surface area contributed by atoms with Gasteiger partial charge in [0.2, 0.25) is 11.9 Å². The Bertz CT molecular complexity index is 1080. The first-order chi connectivity index (χ1) is 14.5. The van der Waals surface area contributed by atoms with Gasteiger partial charge in [-0.25, -0.2) is 4.98 Å². The minimum Gasteiger partial charge on any atom is -0.392 e. The normalized spacial score (nSPS) is 16.5. The summed E-state index contributed by atoms with van der Waals surface area (Å²) in [6.45, 7) is 5.57. The molecule has 0 saturated heterocycles. The number of carbonyl (C=O) groups is 1. The molecule has 4 rings (SSSR count). The fraction of sp³-hybridized carbons (Fsp3) is 0.400. The molecule has 0 fully saturated rings. The largest absolute Gasteiger partial charge is 0.392 e. The maximum Gasteiger partial charge on any atom is 0.238 e. The van der Waals surface area contributed by atoms with Gasteiger partial charge in [-0.15, -0.1) is 0 Å². The molecule has 2 unspecified atom stereocenters. The van der Waals surface area contributed by atoms with Crippen molar-refractivity contribution in [2.45, 2.75) is 32.4 Å². The summed E-state index contributed by atoms with van der Waals surface area (Å²) in [6.07, 6.45) is 1.25.